The molecule has 0 N–H and O–H groups in total. The molecule has 0 bridgehead atoms. The van der Waals surface area contributed by atoms with Crippen LogP contribution < -0.4 is 20.7 Å². The van der Waals surface area contributed by atoms with Crippen molar-refractivity contribution in [2.45, 2.75) is 0 Å². The zero-order valence-corrected chi connectivity index (χ0v) is 27.1. The maximum absolute atomic E-state index is 10.4. The van der Waals surface area contributed by atoms with Crippen LogP contribution in [0.4, 0.5) is 5.69 Å². The highest BCUT2D eigenvalue weighted by atomic mass is 28.3. The zero-order valence-electron chi connectivity index (χ0n) is 26.1. The van der Waals surface area contributed by atoms with Crippen LogP contribution in [-0.4, -0.2) is 12.6 Å². The van der Waals surface area contributed by atoms with Crippen molar-refractivity contribution in [3.05, 3.63) is 193 Å². The fourth-order valence-corrected chi connectivity index (χ4v) is 12.3. The van der Waals surface area contributed by atoms with Crippen LogP contribution in [0.3, 0.4) is 0 Å². The van der Waals surface area contributed by atoms with E-state index in [1.807, 2.05) is 36.4 Å². The first-order valence-electron chi connectivity index (χ1n) is 16.0. The number of hydrogen-bond donors (Lipinski definition) is 0. The smallest absolute Gasteiger partial charge is 0.195 e. The minimum absolute atomic E-state index is 0.535. The lowest BCUT2D eigenvalue weighted by Gasteiger charge is -2.35. The number of aromatic nitrogens is 1. The summed E-state index contributed by atoms with van der Waals surface area (Å²) in [5, 5.41) is 17.4. The summed E-state index contributed by atoms with van der Waals surface area (Å²) in [4.78, 5) is 4.33. The van der Waals surface area contributed by atoms with Gasteiger partial charge in [0, 0.05) is 16.5 Å². The van der Waals surface area contributed by atoms with Crippen LogP contribution in [0.2, 0.25) is 0 Å². The van der Waals surface area contributed by atoms with Crippen molar-refractivity contribution < 1.29 is 0 Å². The van der Waals surface area contributed by atoms with Gasteiger partial charge in [0.1, 0.15) is 0 Å². The van der Waals surface area contributed by atoms with E-state index in [0.717, 1.165) is 33.0 Å². The molecular formula is C44H29N3Si. The van der Waals surface area contributed by atoms with Crippen molar-refractivity contribution in [2.24, 2.45) is 0 Å². The van der Waals surface area contributed by atoms with E-state index in [-0.39, 0.29) is 0 Å². The Kier molecular flexibility index (Phi) is 7.27. The number of nitriles is 1. The van der Waals surface area contributed by atoms with E-state index in [4.69, 9.17) is 6.57 Å². The van der Waals surface area contributed by atoms with Gasteiger partial charge in [-0.25, -0.2) is 4.85 Å². The second-order valence-electron chi connectivity index (χ2n) is 11.9. The summed E-state index contributed by atoms with van der Waals surface area (Å²) in [6, 6.07) is 63.4. The van der Waals surface area contributed by atoms with Gasteiger partial charge in [-0.3, -0.25) is 0 Å². The fourth-order valence-electron chi connectivity index (χ4n) is 7.41. The van der Waals surface area contributed by atoms with Gasteiger partial charge in [0.05, 0.1) is 29.2 Å². The van der Waals surface area contributed by atoms with Gasteiger partial charge in [0.25, 0.3) is 0 Å². The van der Waals surface area contributed by atoms with Crippen molar-refractivity contribution in [3.8, 4) is 22.9 Å². The van der Waals surface area contributed by atoms with Crippen LogP contribution >= 0.6 is 0 Å². The van der Waals surface area contributed by atoms with Crippen molar-refractivity contribution in [3.63, 3.8) is 0 Å². The van der Waals surface area contributed by atoms with Gasteiger partial charge in [-0.2, -0.15) is 5.26 Å². The lowest BCUT2D eigenvalue weighted by molar-refractivity contribution is 1.18. The van der Waals surface area contributed by atoms with Gasteiger partial charge in [0.2, 0.25) is 0 Å². The Morgan fingerprint density at radius 3 is 1.52 bits per heavy atom. The molecule has 0 aliphatic carbocycles. The van der Waals surface area contributed by atoms with E-state index in [2.05, 4.69) is 155 Å². The van der Waals surface area contributed by atoms with Crippen LogP contribution in [0.15, 0.2) is 176 Å². The van der Waals surface area contributed by atoms with Gasteiger partial charge in [-0.05, 0) is 62.2 Å². The van der Waals surface area contributed by atoms with Crippen LogP contribution in [0, 0.1) is 17.9 Å². The summed E-state index contributed by atoms with van der Waals surface area (Å²) in [7, 11) is -3.00. The molecule has 1 heterocycles. The normalized spacial score (nSPS) is 11.3. The molecular weight excluding hydrogens is 599 g/mol. The maximum Gasteiger partial charge on any atom is 0.195 e. The summed E-state index contributed by atoms with van der Waals surface area (Å²) in [6.45, 7) is 8.74. The van der Waals surface area contributed by atoms with Crippen molar-refractivity contribution in [1.82, 2.24) is 4.57 Å². The molecule has 0 atom stereocenters. The Morgan fingerprint density at radius 2 is 1.02 bits per heavy atom. The van der Waals surface area contributed by atoms with E-state index in [1.165, 1.54) is 26.3 Å². The van der Waals surface area contributed by atoms with E-state index in [9.17, 15) is 5.26 Å². The predicted molar refractivity (Wildman–Crippen MR) is 201 cm³/mol. The molecule has 4 heteroatoms. The van der Waals surface area contributed by atoms with Crippen molar-refractivity contribution in [2.75, 3.05) is 0 Å². The highest BCUT2D eigenvalue weighted by molar-refractivity contribution is 7.20. The van der Waals surface area contributed by atoms with Gasteiger partial charge >= 0.3 is 0 Å². The number of rotatable bonds is 6. The fraction of sp³-hybridized carbons (Fsp3) is 0. The highest BCUT2D eigenvalue weighted by Crippen LogP contribution is 2.37. The summed E-state index contributed by atoms with van der Waals surface area (Å²) in [5.74, 6) is 0. The van der Waals surface area contributed by atoms with Crippen LogP contribution in [0.1, 0.15) is 5.56 Å². The molecule has 7 aromatic carbocycles. The zero-order chi connectivity index (χ0) is 32.5. The minimum atomic E-state index is -3.00. The molecule has 0 aliphatic rings. The summed E-state index contributed by atoms with van der Waals surface area (Å²) in [6.07, 6.45) is 0. The number of fused-ring (bicyclic) bond motifs is 3. The topological polar surface area (TPSA) is 33.1 Å². The third-order valence-electron chi connectivity index (χ3n) is 9.42. The molecule has 1 aromatic heterocycles. The summed E-state index contributed by atoms with van der Waals surface area (Å²) in [5.41, 5.74) is 5.77. The molecule has 0 spiro atoms. The van der Waals surface area contributed by atoms with E-state index in [1.54, 1.807) is 0 Å². The van der Waals surface area contributed by atoms with E-state index in [0.29, 0.717) is 11.3 Å². The molecule has 3 nitrogen and oxygen atoms in total. The molecule has 0 fully saturated rings. The SMILES string of the molecule is [C-]#[N+]c1c(-c2cc(-n3c4ccccc4c4ccccc43)ccc2C#N)cccc1[Si](c1ccccc1)(c1ccccc1)c1ccccc1. The van der Waals surface area contributed by atoms with Gasteiger partial charge in [-0.1, -0.05) is 146 Å². The Bertz CT molecular complexity index is 2370. The number of para-hydroxylation sites is 3. The number of hydrogen-bond acceptors (Lipinski definition) is 1. The Balaban J connectivity index is 1.45. The standard InChI is InChI=1S/C44H29N3Si/c1-46-44-39(40-30-33(29-28-32(40)31-45)47-41-25-13-11-22-37(41)38-23-12-14-26-42(38)47)24-15-27-43(44)48(34-16-5-2-6-17-34,35-18-7-3-8-19-35)36-20-9-4-10-21-36/h2-30H. The van der Waals surface area contributed by atoms with E-state index >= 15 is 0 Å². The Morgan fingerprint density at radius 1 is 0.521 bits per heavy atom. The Hall–Kier alpha value is -6.46. The molecule has 8 rings (SSSR count). The largest absolute Gasteiger partial charge is 0.309 e. The summed E-state index contributed by atoms with van der Waals surface area (Å²) >= 11 is 0. The first-order valence-corrected chi connectivity index (χ1v) is 18.0. The Labute approximate surface area is 281 Å². The van der Waals surface area contributed by atoms with Gasteiger partial charge in [-0.15, -0.1) is 0 Å². The molecule has 0 saturated carbocycles. The lowest BCUT2D eigenvalue weighted by Crippen LogP contribution is -2.74. The molecule has 0 saturated heterocycles. The maximum atomic E-state index is 10.4. The van der Waals surface area contributed by atoms with Crippen LogP contribution in [0.5, 0.6) is 0 Å². The molecule has 0 aliphatic heterocycles. The highest BCUT2D eigenvalue weighted by Gasteiger charge is 2.43. The van der Waals surface area contributed by atoms with Gasteiger partial charge < -0.3 is 4.57 Å². The third kappa shape index (κ3) is 4.48. The third-order valence-corrected chi connectivity index (χ3v) is 14.2. The monoisotopic (exact) mass is 627 g/mol. The molecule has 0 amide bonds. The molecule has 48 heavy (non-hydrogen) atoms. The first kappa shape index (κ1) is 29.0. The molecule has 0 radical (unpaired) electrons. The molecule has 224 valence electrons. The van der Waals surface area contributed by atoms with Crippen molar-refractivity contribution in [1.29, 1.82) is 5.26 Å². The van der Waals surface area contributed by atoms with Gasteiger partial charge in [0.15, 0.2) is 13.8 Å². The van der Waals surface area contributed by atoms with Crippen molar-refractivity contribution >= 4 is 56.3 Å². The predicted octanol–water partition coefficient (Wildman–Crippen LogP) is 8.25. The first-order chi connectivity index (χ1) is 23.8. The van der Waals surface area contributed by atoms with E-state index < -0.39 is 8.07 Å². The lowest BCUT2D eigenvalue weighted by atomic mass is 9.98. The quantitative estimate of drug-likeness (QED) is 0.104. The number of nitrogens with zero attached hydrogens (tertiary/aromatic N) is 3. The van der Waals surface area contributed by atoms with Crippen LogP contribution in [0.25, 0.3) is 43.5 Å². The minimum Gasteiger partial charge on any atom is -0.309 e. The average molecular weight is 628 g/mol. The number of benzene rings is 7. The molecule has 8 aromatic rings. The average Bonchev–Trinajstić information content (AvgIpc) is 3.50. The summed E-state index contributed by atoms with van der Waals surface area (Å²) < 4.78 is 2.26. The second kappa shape index (κ2) is 12.0. The molecule has 0 unspecified atom stereocenters. The van der Waals surface area contributed by atoms with Crippen LogP contribution in [-0.2, 0) is 0 Å². The second-order valence-corrected chi connectivity index (χ2v) is 15.6.